The summed E-state index contributed by atoms with van der Waals surface area (Å²) in [7, 11) is 0. The Morgan fingerprint density at radius 2 is 1.84 bits per heavy atom. The maximum absolute atomic E-state index is 13.4. The number of alkyl carbamates (subject to hydrolysis) is 1. The molecular formula is C25H41N3O4. The smallest absolute Gasteiger partial charge is 0.407 e. The van der Waals surface area contributed by atoms with E-state index in [-0.39, 0.29) is 24.0 Å². The number of benzene rings is 1. The lowest BCUT2D eigenvalue weighted by Crippen LogP contribution is -2.55. The summed E-state index contributed by atoms with van der Waals surface area (Å²) >= 11 is 0. The lowest BCUT2D eigenvalue weighted by Gasteiger charge is -2.32. The lowest BCUT2D eigenvalue weighted by atomic mass is 9.96. The van der Waals surface area contributed by atoms with E-state index in [9.17, 15) is 14.7 Å². The average Bonchev–Trinajstić information content (AvgIpc) is 3.04. The molecule has 0 saturated carbocycles. The summed E-state index contributed by atoms with van der Waals surface area (Å²) in [5.41, 5.74) is 0.290. The highest BCUT2D eigenvalue weighted by atomic mass is 16.6. The van der Waals surface area contributed by atoms with Crippen molar-refractivity contribution >= 4 is 12.0 Å². The molecule has 3 unspecified atom stereocenters. The number of aliphatic hydroxyl groups excluding tert-OH is 1. The molecule has 7 nitrogen and oxygen atoms in total. The first-order valence-corrected chi connectivity index (χ1v) is 11.7. The number of hydrogen-bond acceptors (Lipinski definition) is 5. The summed E-state index contributed by atoms with van der Waals surface area (Å²) in [6.07, 6.45) is 0.351. The first-order valence-electron chi connectivity index (χ1n) is 11.7. The SMILES string of the molecule is CCCC(C)N1C(=O)C([C@H](O)[C@H](Cc2ccccc2)NC(=O)OC(C)(C)C)NC1C(C)C. The number of nitrogens with one attached hydrogen (secondary N) is 2. The molecule has 2 rings (SSSR count). The predicted molar refractivity (Wildman–Crippen MR) is 126 cm³/mol. The van der Waals surface area contributed by atoms with E-state index in [0.29, 0.717) is 6.42 Å². The van der Waals surface area contributed by atoms with Crippen LogP contribution in [0.5, 0.6) is 0 Å². The number of ether oxygens (including phenoxy) is 1. The molecule has 1 fully saturated rings. The van der Waals surface area contributed by atoms with E-state index in [4.69, 9.17) is 4.74 Å². The van der Waals surface area contributed by atoms with Gasteiger partial charge in [-0.05, 0) is 52.0 Å². The third-order valence-electron chi connectivity index (χ3n) is 5.74. The second-order valence-corrected chi connectivity index (χ2v) is 10.1. The van der Waals surface area contributed by atoms with E-state index >= 15 is 0 Å². The number of aliphatic hydroxyl groups is 1. The van der Waals surface area contributed by atoms with Gasteiger partial charge < -0.3 is 20.1 Å². The monoisotopic (exact) mass is 447 g/mol. The van der Waals surface area contributed by atoms with Crippen molar-refractivity contribution in [2.75, 3.05) is 0 Å². The fourth-order valence-corrected chi connectivity index (χ4v) is 4.26. The molecule has 1 aromatic carbocycles. The van der Waals surface area contributed by atoms with Crippen LogP contribution in [0.3, 0.4) is 0 Å². The summed E-state index contributed by atoms with van der Waals surface area (Å²) in [6.45, 7) is 13.6. The van der Waals surface area contributed by atoms with Crippen LogP contribution >= 0.6 is 0 Å². The number of carbonyl (C=O) groups excluding carboxylic acids is 2. The van der Waals surface area contributed by atoms with Crippen molar-refractivity contribution in [1.29, 1.82) is 0 Å². The molecule has 2 amide bonds. The molecule has 0 bridgehead atoms. The average molecular weight is 448 g/mol. The number of hydrogen-bond donors (Lipinski definition) is 3. The van der Waals surface area contributed by atoms with Crippen LogP contribution in [0.25, 0.3) is 0 Å². The molecular weight excluding hydrogens is 406 g/mol. The highest BCUT2D eigenvalue weighted by Crippen LogP contribution is 2.25. The molecule has 1 aliphatic heterocycles. The zero-order valence-electron chi connectivity index (χ0n) is 20.6. The Hall–Kier alpha value is -2.12. The minimum Gasteiger partial charge on any atom is -0.444 e. The number of rotatable bonds is 9. The molecule has 3 N–H and O–H groups in total. The summed E-state index contributed by atoms with van der Waals surface area (Å²) in [4.78, 5) is 27.8. The molecule has 1 heterocycles. The van der Waals surface area contributed by atoms with Gasteiger partial charge in [0.05, 0.1) is 18.3 Å². The van der Waals surface area contributed by atoms with Gasteiger partial charge in [0.25, 0.3) is 0 Å². The van der Waals surface area contributed by atoms with Gasteiger partial charge in [0, 0.05) is 6.04 Å². The van der Waals surface area contributed by atoms with E-state index in [2.05, 4.69) is 31.4 Å². The van der Waals surface area contributed by atoms with Crippen LogP contribution in [0.1, 0.15) is 66.9 Å². The predicted octanol–water partition coefficient (Wildman–Crippen LogP) is 3.45. The minimum absolute atomic E-state index is 0.0657. The Balaban J connectivity index is 2.27. The van der Waals surface area contributed by atoms with Gasteiger partial charge in [0.15, 0.2) is 0 Å². The first-order chi connectivity index (χ1) is 14.9. The van der Waals surface area contributed by atoms with Crippen molar-refractivity contribution < 1.29 is 19.4 Å². The second-order valence-electron chi connectivity index (χ2n) is 10.1. The van der Waals surface area contributed by atoms with Crippen molar-refractivity contribution in [3.8, 4) is 0 Å². The first kappa shape index (κ1) is 26.1. The summed E-state index contributed by atoms with van der Waals surface area (Å²) in [6, 6.07) is 8.19. The largest absolute Gasteiger partial charge is 0.444 e. The van der Waals surface area contributed by atoms with E-state index in [0.717, 1.165) is 18.4 Å². The molecule has 5 atom stereocenters. The molecule has 7 heteroatoms. The van der Waals surface area contributed by atoms with Crippen molar-refractivity contribution in [2.24, 2.45) is 5.92 Å². The van der Waals surface area contributed by atoms with Crippen molar-refractivity contribution in [2.45, 2.75) is 104 Å². The molecule has 1 saturated heterocycles. The lowest BCUT2D eigenvalue weighted by molar-refractivity contribution is -0.134. The molecule has 0 aromatic heterocycles. The molecule has 180 valence electrons. The van der Waals surface area contributed by atoms with Gasteiger partial charge in [-0.15, -0.1) is 0 Å². The third-order valence-corrected chi connectivity index (χ3v) is 5.74. The Bertz CT molecular complexity index is 747. The third kappa shape index (κ3) is 6.94. The van der Waals surface area contributed by atoms with Gasteiger partial charge in [-0.3, -0.25) is 10.1 Å². The van der Waals surface area contributed by atoms with E-state index in [1.807, 2.05) is 42.2 Å². The molecule has 1 aromatic rings. The normalized spacial score (nSPS) is 22.0. The van der Waals surface area contributed by atoms with Gasteiger partial charge in [-0.25, -0.2) is 4.79 Å². The molecule has 1 aliphatic rings. The highest BCUT2D eigenvalue weighted by Gasteiger charge is 2.47. The topological polar surface area (TPSA) is 90.9 Å². The minimum atomic E-state index is -1.12. The maximum atomic E-state index is 13.4. The number of carbonyl (C=O) groups is 2. The highest BCUT2D eigenvalue weighted by molar-refractivity contribution is 5.85. The van der Waals surface area contributed by atoms with Gasteiger partial charge in [0.2, 0.25) is 5.91 Å². The second kappa shape index (κ2) is 11.1. The van der Waals surface area contributed by atoms with Crippen LogP contribution in [-0.4, -0.2) is 58.0 Å². The van der Waals surface area contributed by atoms with Gasteiger partial charge in [-0.1, -0.05) is 57.5 Å². The van der Waals surface area contributed by atoms with E-state index in [1.54, 1.807) is 20.8 Å². The standard InChI is InChI=1S/C25H41N3O4/c1-8-12-17(4)28-22(16(2)3)27-20(23(28)30)21(29)19(15-18-13-10-9-11-14-18)26-24(31)32-25(5,6)7/h9-11,13-14,16-17,19-22,27,29H,8,12,15H2,1-7H3,(H,26,31)/t17?,19-,20?,21+,22?/m0/s1. The van der Waals surface area contributed by atoms with Crippen LogP contribution in [0.2, 0.25) is 0 Å². The zero-order valence-corrected chi connectivity index (χ0v) is 20.6. The van der Waals surface area contributed by atoms with E-state index < -0.39 is 29.9 Å². The zero-order chi connectivity index (χ0) is 24.1. The number of amides is 2. The van der Waals surface area contributed by atoms with Crippen LogP contribution in [-0.2, 0) is 16.0 Å². The fourth-order valence-electron chi connectivity index (χ4n) is 4.26. The summed E-state index contributed by atoms with van der Waals surface area (Å²) in [5.74, 6) is 0.0584. The Morgan fingerprint density at radius 1 is 1.22 bits per heavy atom. The van der Waals surface area contributed by atoms with Crippen LogP contribution in [0.15, 0.2) is 30.3 Å². The van der Waals surface area contributed by atoms with Crippen LogP contribution in [0, 0.1) is 5.92 Å². The summed E-state index contributed by atoms with van der Waals surface area (Å²) in [5, 5.41) is 17.5. The molecule has 32 heavy (non-hydrogen) atoms. The van der Waals surface area contributed by atoms with Crippen molar-refractivity contribution in [3.63, 3.8) is 0 Å². The van der Waals surface area contributed by atoms with Crippen LogP contribution < -0.4 is 10.6 Å². The van der Waals surface area contributed by atoms with E-state index in [1.165, 1.54) is 0 Å². The van der Waals surface area contributed by atoms with Crippen LogP contribution in [0.4, 0.5) is 4.79 Å². The Kier molecular flexibility index (Phi) is 9.10. The molecule has 0 spiro atoms. The molecule has 0 aliphatic carbocycles. The summed E-state index contributed by atoms with van der Waals surface area (Å²) < 4.78 is 5.42. The van der Waals surface area contributed by atoms with Gasteiger partial charge in [0.1, 0.15) is 11.6 Å². The number of nitrogens with zero attached hydrogens (tertiary/aromatic N) is 1. The van der Waals surface area contributed by atoms with Gasteiger partial charge in [-0.2, -0.15) is 0 Å². The maximum Gasteiger partial charge on any atom is 0.407 e. The van der Waals surface area contributed by atoms with Gasteiger partial charge >= 0.3 is 6.09 Å². The fraction of sp³-hybridized carbons (Fsp3) is 0.680. The Labute approximate surface area is 192 Å². The van der Waals surface area contributed by atoms with Crippen molar-refractivity contribution in [1.82, 2.24) is 15.5 Å². The Morgan fingerprint density at radius 3 is 2.38 bits per heavy atom. The molecule has 0 radical (unpaired) electrons. The quantitative estimate of drug-likeness (QED) is 0.539. The van der Waals surface area contributed by atoms with Crippen molar-refractivity contribution in [3.05, 3.63) is 35.9 Å².